The summed E-state index contributed by atoms with van der Waals surface area (Å²) in [6, 6.07) is 27.7. The quantitative estimate of drug-likeness (QED) is 0.480. The number of ether oxygens (including phenoxy) is 2. The summed E-state index contributed by atoms with van der Waals surface area (Å²) in [4.78, 5) is 0. The van der Waals surface area contributed by atoms with Crippen LogP contribution < -0.4 is 14.8 Å². The Kier molecular flexibility index (Phi) is 7.43. The summed E-state index contributed by atoms with van der Waals surface area (Å²) in [7, 11) is 0. The summed E-state index contributed by atoms with van der Waals surface area (Å²) in [5.41, 5.74) is 1.08. The lowest BCUT2D eigenvalue weighted by Gasteiger charge is -2.39. The molecule has 0 radical (unpaired) electrons. The third-order valence-corrected chi connectivity index (χ3v) is 5.95. The lowest BCUT2D eigenvalue weighted by Crippen LogP contribution is -2.56. The maximum atomic E-state index is 11.1. The number of rotatable bonds is 9. The van der Waals surface area contributed by atoms with Crippen molar-refractivity contribution in [2.45, 2.75) is 43.7 Å². The van der Waals surface area contributed by atoms with E-state index in [1.54, 1.807) is 0 Å². The van der Waals surface area contributed by atoms with Gasteiger partial charge in [-0.25, -0.2) is 0 Å². The van der Waals surface area contributed by atoms with Crippen molar-refractivity contribution in [2.75, 3.05) is 13.1 Å². The second kappa shape index (κ2) is 10.6. The van der Waals surface area contributed by atoms with E-state index in [4.69, 9.17) is 9.47 Å². The Morgan fingerprint density at radius 3 is 2.16 bits per heavy atom. The number of hydrogen-bond acceptors (Lipinski definition) is 5. The fraction of sp³-hybridized carbons (Fsp3) is 0.333. The summed E-state index contributed by atoms with van der Waals surface area (Å²) in [6.07, 6.45) is 0.417. The van der Waals surface area contributed by atoms with Crippen LogP contribution in [0.5, 0.6) is 11.5 Å². The molecule has 1 heterocycles. The Bertz CT molecular complexity index is 948. The average molecular weight is 434 g/mol. The Balaban J connectivity index is 1.42. The Morgan fingerprint density at radius 2 is 1.50 bits per heavy atom. The van der Waals surface area contributed by atoms with Gasteiger partial charge in [-0.1, -0.05) is 60.7 Å². The minimum absolute atomic E-state index is 0.272. The molecule has 1 fully saturated rings. The lowest BCUT2D eigenvalue weighted by molar-refractivity contribution is -0.111. The maximum Gasteiger partial charge on any atom is 0.120 e. The van der Waals surface area contributed by atoms with Crippen molar-refractivity contribution in [1.82, 2.24) is 5.32 Å². The molecule has 0 aromatic heterocycles. The van der Waals surface area contributed by atoms with Gasteiger partial charge in [0.25, 0.3) is 0 Å². The SMILES string of the molecule is O[C@@H]1CNCC[C@@]1(O)CC(Cc1ccccc1)Oc1ccc(OCc2ccccc2)cc1. The number of hydrogen-bond donors (Lipinski definition) is 3. The zero-order valence-corrected chi connectivity index (χ0v) is 18.2. The zero-order chi connectivity index (χ0) is 22.2. The molecule has 3 atom stereocenters. The van der Waals surface area contributed by atoms with Crippen molar-refractivity contribution in [3.05, 3.63) is 96.1 Å². The lowest BCUT2D eigenvalue weighted by atomic mass is 9.83. The molecule has 0 aliphatic carbocycles. The van der Waals surface area contributed by atoms with Crippen LogP contribution in [0.4, 0.5) is 0 Å². The molecular formula is C27H31NO4. The third kappa shape index (κ3) is 6.10. The Morgan fingerprint density at radius 1 is 0.875 bits per heavy atom. The van der Waals surface area contributed by atoms with Crippen LogP contribution in [0.1, 0.15) is 24.0 Å². The molecule has 4 rings (SSSR count). The number of piperidine rings is 1. The second-order valence-electron chi connectivity index (χ2n) is 8.45. The second-order valence-corrected chi connectivity index (χ2v) is 8.45. The molecule has 5 nitrogen and oxygen atoms in total. The van der Waals surface area contributed by atoms with Crippen molar-refractivity contribution in [3.8, 4) is 11.5 Å². The number of aliphatic hydroxyl groups is 2. The van der Waals surface area contributed by atoms with Crippen LogP contribution in [0.25, 0.3) is 0 Å². The molecule has 5 heteroatoms. The summed E-state index contributed by atoms with van der Waals surface area (Å²) >= 11 is 0. The highest BCUT2D eigenvalue weighted by molar-refractivity contribution is 5.32. The molecule has 1 saturated heterocycles. The van der Waals surface area contributed by atoms with Gasteiger partial charge in [-0.2, -0.15) is 0 Å². The summed E-state index contributed by atoms with van der Waals surface area (Å²) in [6.45, 7) is 1.58. The van der Waals surface area contributed by atoms with Gasteiger partial charge in [0, 0.05) is 19.4 Å². The number of β-amino-alcohol motifs (C(OH)–C–C–N with tert-alkyl or cyclic N) is 1. The van der Waals surface area contributed by atoms with Gasteiger partial charge in [0.2, 0.25) is 0 Å². The van der Waals surface area contributed by atoms with E-state index in [2.05, 4.69) is 17.4 Å². The highest BCUT2D eigenvalue weighted by atomic mass is 16.5. The number of benzene rings is 3. The van der Waals surface area contributed by atoms with E-state index in [1.807, 2.05) is 72.8 Å². The molecule has 3 aromatic rings. The van der Waals surface area contributed by atoms with Crippen LogP contribution in [0.2, 0.25) is 0 Å². The molecule has 0 bridgehead atoms. The molecule has 32 heavy (non-hydrogen) atoms. The normalized spacial score (nSPS) is 21.6. The monoisotopic (exact) mass is 433 g/mol. The van der Waals surface area contributed by atoms with Crippen LogP contribution in [0, 0.1) is 0 Å². The van der Waals surface area contributed by atoms with E-state index in [-0.39, 0.29) is 6.10 Å². The maximum absolute atomic E-state index is 11.1. The van der Waals surface area contributed by atoms with Gasteiger partial charge in [-0.15, -0.1) is 0 Å². The van der Waals surface area contributed by atoms with Gasteiger partial charge < -0.3 is 25.0 Å². The van der Waals surface area contributed by atoms with Crippen LogP contribution in [0.15, 0.2) is 84.9 Å². The van der Waals surface area contributed by atoms with E-state index >= 15 is 0 Å². The number of nitrogens with one attached hydrogen (secondary N) is 1. The van der Waals surface area contributed by atoms with E-state index in [1.165, 1.54) is 0 Å². The third-order valence-electron chi connectivity index (χ3n) is 5.95. The first-order valence-corrected chi connectivity index (χ1v) is 11.2. The number of aliphatic hydroxyl groups excluding tert-OH is 1. The van der Waals surface area contributed by atoms with E-state index in [0.29, 0.717) is 44.7 Å². The molecule has 3 N–H and O–H groups in total. The largest absolute Gasteiger partial charge is 0.490 e. The van der Waals surface area contributed by atoms with E-state index in [9.17, 15) is 10.2 Å². The first-order valence-electron chi connectivity index (χ1n) is 11.2. The molecule has 0 spiro atoms. The predicted molar refractivity (Wildman–Crippen MR) is 125 cm³/mol. The predicted octanol–water partition coefficient (Wildman–Crippen LogP) is 3.73. The molecule has 0 amide bonds. The summed E-state index contributed by atoms with van der Waals surface area (Å²) < 4.78 is 12.2. The molecule has 1 aliphatic heterocycles. The fourth-order valence-corrected chi connectivity index (χ4v) is 4.11. The van der Waals surface area contributed by atoms with Crippen molar-refractivity contribution in [3.63, 3.8) is 0 Å². The van der Waals surface area contributed by atoms with Crippen molar-refractivity contribution < 1.29 is 19.7 Å². The molecule has 3 aromatic carbocycles. The van der Waals surface area contributed by atoms with Crippen molar-refractivity contribution in [2.24, 2.45) is 0 Å². The van der Waals surface area contributed by atoms with Crippen LogP contribution >= 0.6 is 0 Å². The van der Waals surface area contributed by atoms with Gasteiger partial charge in [0.05, 0.1) is 11.7 Å². The molecule has 0 saturated carbocycles. The van der Waals surface area contributed by atoms with Gasteiger partial charge in [-0.3, -0.25) is 0 Å². The molecule has 1 unspecified atom stereocenters. The summed E-state index contributed by atoms with van der Waals surface area (Å²) in [5.74, 6) is 1.48. The highest BCUT2D eigenvalue weighted by Gasteiger charge is 2.40. The van der Waals surface area contributed by atoms with Crippen LogP contribution in [-0.2, 0) is 13.0 Å². The fourth-order valence-electron chi connectivity index (χ4n) is 4.11. The Labute approximate surface area is 189 Å². The van der Waals surface area contributed by atoms with Crippen LogP contribution in [-0.4, -0.2) is 41.1 Å². The summed E-state index contributed by atoms with van der Waals surface area (Å²) in [5, 5.41) is 24.6. The molecular weight excluding hydrogens is 402 g/mol. The minimum atomic E-state index is -1.16. The first kappa shape index (κ1) is 22.3. The zero-order valence-electron chi connectivity index (χ0n) is 18.2. The van der Waals surface area contributed by atoms with Gasteiger partial charge in [-0.05, 0) is 48.4 Å². The first-order chi connectivity index (χ1) is 15.6. The smallest absolute Gasteiger partial charge is 0.120 e. The molecule has 168 valence electrons. The van der Waals surface area contributed by atoms with Gasteiger partial charge >= 0.3 is 0 Å². The molecule has 1 aliphatic rings. The van der Waals surface area contributed by atoms with E-state index < -0.39 is 11.7 Å². The highest BCUT2D eigenvalue weighted by Crippen LogP contribution is 2.29. The van der Waals surface area contributed by atoms with Gasteiger partial charge in [0.1, 0.15) is 24.2 Å². The average Bonchev–Trinajstić information content (AvgIpc) is 2.82. The topological polar surface area (TPSA) is 71.0 Å². The van der Waals surface area contributed by atoms with Crippen molar-refractivity contribution >= 4 is 0 Å². The minimum Gasteiger partial charge on any atom is -0.490 e. The standard InChI is InChI=1S/C27H31NO4/c29-26-19-28-16-15-27(26,30)18-25(17-21-7-3-1-4-8-21)32-24-13-11-23(12-14-24)31-20-22-9-5-2-6-10-22/h1-14,25-26,28-30H,15-20H2/t25?,26-,27-/m1/s1. The van der Waals surface area contributed by atoms with E-state index in [0.717, 1.165) is 16.9 Å². The Hall–Kier alpha value is -2.86. The van der Waals surface area contributed by atoms with Crippen molar-refractivity contribution in [1.29, 1.82) is 0 Å². The van der Waals surface area contributed by atoms with Crippen LogP contribution in [0.3, 0.4) is 0 Å². The van der Waals surface area contributed by atoms with Gasteiger partial charge in [0.15, 0.2) is 0 Å².